The van der Waals surface area contributed by atoms with E-state index in [1.807, 2.05) is 0 Å². The molecular formula is C12H24ClNO. The van der Waals surface area contributed by atoms with Gasteiger partial charge in [-0.15, -0.1) is 11.6 Å². The minimum atomic E-state index is -0.0122. The predicted octanol–water partition coefficient (Wildman–Crippen LogP) is 2.75. The second kappa shape index (κ2) is 6.07. The lowest BCUT2D eigenvalue weighted by atomic mass is 10.0. The zero-order valence-corrected chi connectivity index (χ0v) is 11.0. The average molecular weight is 234 g/mol. The summed E-state index contributed by atoms with van der Waals surface area (Å²) in [5.74, 6) is 1.49. The van der Waals surface area contributed by atoms with Gasteiger partial charge in [0.15, 0.2) is 0 Å². The molecule has 1 aliphatic heterocycles. The first-order valence-corrected chi connectivity index (χ1v) is 6.47. The van der Waals surface area contributed by atoms with E-state index in [2.05, 4.69) is 25.7 Å². The van der Waals surface area contributed by atoms with Gasteiger partial charge in [0, 0.05) is 19.0 Å². The fraction of sp³-hybridized carbons (Fsp3) is 1.00. The molecule has 90 valence electrons. The van der Waals surface area contributed by atoms with Gasteiger partial charge >= 0.3 is 0 Å². The Kier molecular flexibility index (Phi) is 5.37. The van der Waals surface area contributed by atoms with Crippen LogP contribution in [0.1, 0.15) is 33.6 Å². The van der Waals surface area contributed by atoms with Crippen molar-refractivity contribution in [2.45, 2.75) is 39.2 Å². The Labute approximate surface area is 98.9 Å². The van der Waals surface area contributed by atoms with Crippen LogP contribution in [0.15, 0.2) is 0 Å². The largest absolute Gasteiger partial charge is 0.375 e. The maximum atomic E-state index is 5.89. The van der Waals surface area contributed by atoms with Crippen LogP contribution in [0.3, 0.4) is 0 Å². The van der Waals surface area contributed by atoms with Crippen molar-refractivity contribution < 1.29 is 4.74 Å². The fourth-order valence-corrected chi connectivity index (χ4v) is 2.21. The van der Waals surface area contributed by atoms with Gasteiger partial charge in [0.2, 0.25) is 0 Å². The molecule has 0 N–H and O–H groups in total. The number of halogens is 1. The maximum Gasteiger partial charge on any atom is 0.0600 e. The first kappa shape index (κ1) is 13.3. The van der Waals surface area contributed by atoms with E-state index in [0.29, 0.717) is 5.92 Å². The molecule has 1 heterocycles. The van der Waals surface area contributed by atoms with Crippen molar-refractivity contribution in [2.75, 3.05) is 32.1 Å². The summed E-state index contributed by atoms with van der Waals surface area (Å²) in [5.41, 5.74) is -0.0122. The number of piperidine rings is 1. The smallest absolute Gasteiger partial charge is 0.0600 e. The van der Waals surface area contributed by atoms with Crippen LogP contribution in [0.5, 0.6) is 0 Å². The van der Waals surface area contributed by atoms with Crippen molar-refractivity contribution in [1.29, 1.82) is 0 Å². The summed E-state index contributed by atoms with van der Waals surface area (Å²) < 4.78 is 5.73. The summed E-state index contributed by atoms with van der Waals surface area (Å²) in [6.45, 7) is 10.5. The predicted molar refractivity (Wildman–Crippen MR) is 65.6 cm³/mol. The Balaban J connectivity index is 2.15. The molecule has 0 radical (unpaired) electrons. The summed E-state index contributed by atoms with van der Waals surface area (Å²) in [6.07, 6.45) is 2.58. The van der Waals surface area contributed by atoms with E-state index in [4.69, 9.17) is 16.3 Å². The number of alkyl halides is 1. The zero-order chi connectivity index (χ0) is 11.3. The highest BCUT2D eigenvalue weighted by atomic mass is 35.5. The van der Waals surface area contributed by atoms with E-state index in [0.717, 1.165) is 25.6 Å². The van der Waals surface area contributed by atoms with Gasteiger partial charge in [0.25, 0.3) is 0 Å². The molecule has 1 fully saturated rings. The van der Waals surface area contributed by atoms with Gasteiger partial charge < -0.3 is 9.64 Å². The van der Waals surface area contributed by atoms with E-state index in [1.165, 1.54) is 19.4 Å². The summed E-state index contributed by atoms with van der Waals surface area (Å²) in [7, 11) is 0. The Morgan fingerprint density at radius 2 is 2.13 bits per heavy atom. The molecule has 1 unspecified atom stereocenters. The molecule has 1 saturated heterocycles. The Hall–Kier alpha value is 0.210. The van der Waals surface area contributed by atoms with Crippen LogP contribution in [0.4, 0.5) is 0 Å². The minimum absolute atomic E-state index is 0.0122. The van der Waals surface area contributed by atoms with E-state index >= 15 is 0 Å². The molecule has 0 aliphatic carbocycles. The van der Waals surface area contributed by atoms with Crippen molar-refractivity contribution in [3.63, 3.8) is 0 Å². The van der Waals surface area contributed by atoms with Crippen LogP contribution >= 0.6 is 11.6 Å². The van der Waals surface area contributed by atoms with E-state index < -0.39 is 0 Å². The highest BCUT2D eigenvalue weighted by Gasteiger charge is 2.19. The summed E-state index contributed by atoms with van der Waals surface area (Å²) in [4.78, 5) is 2.47. The van der Waals surface area contributed by atoms with Crippen LogP contribution in [0.25, 0.3) is 0 Å². The standard InChI is InChI=1S/C12H24ClNO/c1-12(2,3)15-8-7-14-6-4-5-11(9-13)10-14/h11H,4-10H2,1-3H3. The van der Waals surface area contributed by atoms with Gasteiger partial charge in [-0.05, 0) is 46.1 Å². The Morgan fingerprint density at radius 1 is 1.40 bits per heavy atom. The molecule has 1 rings (SSSR count). The number of ether oxygens (including phenoxy) is 1. The Morgan fingerprint density at radius 3 is 2.73 bits per heavy atom. The van der Waals surface area contributed by atoms with Crippen molar-refractivity contribution in [1.82, 2.24) is 4.90 Å². The van der Waals surface area contributed by atoms with Gasteiger partial charge in [-0.2, -0.15) is 0 Å². The summed E-state index contributed by atoms with van der Waals surface area (Å²) >= 11 is 5.89. The summed E-state index contributed by atoms with van der Waals surface area (Å²) in [6, 6.07) is 0. The van der Waals surface area contributed by atoms with Crippen LogP contribution < -0.4 is 0 Å². The molecular weight excluding hydrogens is 210 g/mol. The van der Waals surface area contributed by atoms with Crippen LogP contribution in [0, 0.1) is 5.92 Å². The number of rotatable bonds is 4. The highest BCUT2D eigenvalue weighted by Crippen LogP contribution is 2.17. The number of hydrogen-bond donors (Lipinski definition) is 0. The molecule has 15 heavy (non-hydrogen) atoms. The molecule has 0 aromatic rings. The summed E-state index contributed by atoms with van der Waals surface area (Å²) in [5, 5.41) is 0. The SMILES string of the molecule is CC(C)(C)OCCN1CCCC(CCl)C1. The average Bonchev–Trinajstić information content (AvgIpc) is 2.16. The van der Waals surface area contributed by atoms with Crippen molar-refractivity contribution in [3.8, 4) is 0 Å². The third kappa shape index (κ3) is 5.74. The normalized spacial score (nSPS) is 24.4. The van der Waals surface area contributed by atoms with Crippen LogP contribution in [-0.2, 0) is 4.74 Å². The second-order valence-corrected chi connectivity index (χ2v) is 5.73. The Bertz CT molecular complexity index is 179. The first-order chi connectivity index (χ1) is 7.01. The lowest BCUT2D eigenvalue weighted by molar-refractivity contribution is -0.0165. The van der Waals surface area contributed by atoms with Crippen LogP contribution in [-0.4, -0.2) is 42.6 Å². The van der Waals surface area contributed by atoms with Gasteiger partial charge in [-0.25, -0.2) is 0 Å². The number of hydrogen-bond acceptors (Lipinski definition) is 2. The van der Waals surface area contributed by atoms with E-state index in [-0.39, 0.29) is 5.60 Å². The highest BCUT2D eigenvalue weighted by molar-refractivity contribution is 6.18. The number of nitrogens with zero attached hydrogens (tertiary/aromatic N) is 1. The molecule has 0 aromatic heterocycles. The molecule has 1 atom stereocenters. The molecule has 1 aliphatic rings. The van der Waals surface area contributed by atoms with Gasteiger partial charge in [0.05, 0.1) is 12.2 Å². The van der Waals surface area contributed by atoms with Crippen molar-refractivity contribution >= 4 is 11.6 Å². The molecule has 0 spiro atoms. The van der Waals surface area contributed by atoms with Gasteiger partial charge in [-0.3, -0.25) is 0 Å². The number of likely N-dealkylation sites (tertiary alicyclic amines) is 1. The van der Waals surface area contributed by atoms with Crippen molar-refractivity contribution in [3.05, 3.63) is 0 Å². The molecule has 3 heteroatoms. The van der Waals surface area contributed by atoms with Crippen LogP contribution in [0.2, 0.25) is 0 Å². The second-order valence-electron chi connectivity index (χ2n) is 5.42. The van der Waals surface area contributed by atoms with Gasteiger partial charge in [-0.1, -0.05) is 0 Å². The van der Waals surface area contributed by atoms with Crippen molar-refractivity contribution in [2.24, 2.45) is 5.92 Å². The fourth-order valence-electron chi connectivity index (χ4n) is 1.96. The lowest BCUT2D eigenvalue weighted by Crippen LogP contribution is -2.39. The maximum absolute atomic E-state index is 5.89. The van der Waals surface area contributed by atoms with Gasteiger partial charge in [0.1, 0.15) is 0 Å². The molecule has 0 amide bonds. The molecule has 0 saturated carbocycles. The topological polar surface area (TPSA) is 12.5 Å². The molecule has 2 nitrogen and oxygen atoms in total. The third-order valence-corrected chi connectivity index (χ3v) is 3.20. The quantitative estimate of drug-likeness (QED) is 0.693. The lowest BCUT2D eigenvalue weighted by Gasteiger charge is -2.32. The van der Waals surface area contributed by atoms with E-state index in [9.17, 15) is 0 Å². The zero-order valence-electron chi connectivity index (χ0n) is 10.3. The third-order valence-electron chi connectivity index (χ3n) is 2.76. The molecule has 0 aromatic carbocycles. The molecule has 0 bridgehead atoms. The monoisotopic (exact) mass is 233 g/mol. The first-order valence-electron chi connectivity index (χ1n) is 5.93. The van der Waals surface area contributed by atoms with E-state index in [1.54, 1.807) is 0 Å². The minimum Gasteiger partial charge on any atom is -0.375 e.